The van der Waals surface area contributed by atoms with Crippen molar-refractivity contribution in [1.29, 1.82) is 0 Å². The van der Waals surface area contributed by atoms with Gasteiger partial charge in [-0.3, -0.25) is 9.36 Å². The van der Waals surface area contributed by atoms with Gasteiger partial charge in [-0.2, -0.15) is 0 Å². The molecule has 14 heavy (non-hydrogen) atoms. The summed E-state index contributed by atoms with van der Waals surface area (Å²) in [5.41, 5.74) is 0. The van der Waals surface area contributed by atoms with Crippen molar-refractivity contribution in [2.45, 2.75) is 13.0 Å². The van der Waals surface area contributed by atoms with Crippen LogP contribution in [0, 0.1) is 0 Å². The van der Waals surface area contributed by atoms with Crippen LogP contribution in [0.5, 0.6) is 0 Å². The zero-order chi connectivity index (χ0) is 11.4. The van der Waals surface area contributed by atoms with Crippen LogP contribution in [0.4, 0.5) is 0 Å². The van der Waals surface area contributed by atoms with E-state index in [-0.39, 0.29) is 0 Å². The molecule has 7 nitrogen and oxygen atoms in total. The molecule has 0 aliphatic heterocycles. The third-order valence-electron chi connectivity index (χ3n) is 1.16. The second-order valence-electron chi connectivity index (χ2n) is 2.69. The molecule has 0 saturated carbocycles. The van der Waals surface area contributed by atoms with Gasteiger partial charge in [-0.15, -0.1) is 0 Å². The maximum absolute atomic E-state index is 10.7. The number of aliphatic carboxylic acids is 1. The van der Waals surface area contributed by atoms with Gasteiger partial charge in [0.25, 0.3) is 0 Å². The van der Waals surface area contributed by atoms with Crippen molar-refractivity contribution in [3.05, 3.63) is 0 Å². The van der Waals surface area contributed by atoms with Crippen LogP contribution in [-0.4, -0.2) is 41.2 Å². The summed E-state index contributed by atoms with van der Waals surface area (Å²) in [4.78, 5) is 29.7. The van der Waals surface area contributed by atoms with Gasteiger partial charge in [-0.1, -0.05) is 0 Å². The molecule has 0 aliphatic carbocycles. The molecule has 0 aromatic carbocycles. The largest absolute Gasteiger partial charge is 0.480 e. The first-order valence-electron chi connectivity index (χ1n) is 3.67. The van der Waals surface area contributed by atoms with E-state index in [0.717, 1.165) is 13.6 Å². The molecular formula is C6H12NO6P. The number of rotatable bonds is 5. The fraction of sp³-hybridized carbons (Fsp3) is 0.667. The molecule has 2 unspecified atom stereocenters. The fourth-order valence-corrected chi connectivity index (χ4v) is 1.06. The SMILES string of the molecule is CC(=O)NC(COP(C)(=O)O)C(=O)O. The lowest BCUT2D eigenvalue weighted by atomic mass is 10.3. The number of carboxylic acid groups (broad SMARTS) is 1. The molecule has 0 radical (unpaired) electrons. The molecule has 0 spiro atoms. The molecule has 0 aromatic heterocycles. The summed E-state index contributed by atoms with van der Waals surface area (Å²) < 4.78 is 15.0. The van der Waals surface area contributed by atoms with Gasteiger partial charge in [0.05, 0.1) is 6.61 Å². The quantitative estimate of drug-likeness (QED) is 0.539. The zero-order valence-electron chi connectivity index (χ0n) is 7.76. The standard InChI is InChI=1S/C6H12NO6P/c1-4(8)7-5(6(9)10)3-13-14(2,11)12/h5H,3H2,1-2H3,(H,7,8)(H,9,10)(H,11,12). The first-order chi connectivity index (χ1) is 6.22. The van der Waals surface area contributed by atoms with Gasteiger partial charge in [0.1, 0.15) is 0 Å². The number of carbonyl (C=O) groups is 2. The van der Waals surface area contributed by atoms with Crippen molar-refractivity contribution in [2.75, 3.05) is 13.3 Å². The Labute approximate surface area is 80.6 Å². The van der Waals surface area contributed by atoms with E-state index >= 15 is 0 Å². The molecule has 0 rings (SSSR count). The first-order valence-corrected chi connectivity index (χ1v) is 5.69. The lowest BCUT2D eigenvalue weighted by molar-refractivity contribution is -0.142. The Bertz CT molecular complexity index is 271. The second-order valence-corrected chi connectivity index (χ2v) is 4.55. The third-order valence-corrected chi connectivity index (χ3v) is 1.78. The van der Waals surface area contributed by atoms with Crippen LogP contribution in [0.3, 0.4) is 0 Å². The maximum atomic E-state index is 10.7. The summed E-state index contributed by atoms with van der Waals surface area (Å²) in [6.45, 7) is 1.53. The van der Waals surface area contributed by atoms with Gasteiger partial charge in [-0.25, -0.2) is 4.79 Å². The topological polar surface area (TPSA) is 113 Å². The van der Waals surface area contributed by atoms with E-state index in [9.17, 15) is 14.2 Å². The highest BCUT2D eigenvalue weighted by Crippen LogP contribution is 2.36. The van der Waals surface area contributed by atoms with Gasteiger partial charge in [0.15, 0.2) is 6.04 Å². The molecule has 1 amide bonds. The molecular weight excluding hydrogens is 213 g/mol. The van der Waals surface area contributed by atoms with Crippen LogP contribution in [0.25, 0.3) is 0 Å². The minimum absolute atomic E-state index is 0.542. The van der Waals surface area contributed by atoms with Crippen LogP contribution in [0.1, 0.15) is 6.92 Å². The summed E-state index contributed by atoms with van der Waals surface area (Å²) in [5.74, 6) is -1.88. The molecule has 0 aromatic rings. The molecule has 0 fully saturated rings. The van der Waals surface area contributed by atoms with Crippen molar-refractivity contribution >= 4 is 19.5 Å². The highest BCUT2D eigenvalue weighted by atomic mass is 31.2. The van der Waals surface area contributed by atoms with Gasteiger partial charge >= 0.3 is 13.6 Å². The van der Waals surface area contributed by atoms with E-state index < -0.39 is 32.1 Å². The molecule has 8 heteroatoms. The lowest BCUT2D eigenvalue weighted by Gasteiger charge is -2.14. The minimum atomic E-state index is -3.72. The first kappa shape index (κ1) is 13.1. The predicted octanol–water partition coefficient (Wildman–Crippen LogP) is -0.593. The Morgan fingerprint density at radius 2 is 2.07 bits per heavy atom. The van der Waals surface area contributed by atoms with Crippen molar-refractivity contribution < 1.29 is 28.7 Å². The van der Waals surface area contributed by atoms with E-state index in [1.165, 1.54) is 0 Å². The molecule has 0 bridgehead atoms. The number of nitrogens with one attached hydrogen (secondary N) is 1. The van der Waals surface area contributed by atoms with Gasteiger partial charge in [0.2, 0.25) is 5.91 Å². The van der Waals surface area contributed by atoms with Crippen LogP contribution in [0.15, 0.2) is 0 Å². The van der Waals surface area contributed by atoms with E-state index in [4.69, 9.17) is 10.00 Å². The number of carbonyl (C=O) groups excluding carboxylic acids is 1. The van der Waals surface area contributed by atoms with E-state index in [1.807, 2.05) is 0 Å². The lowest BCUT2D eigenvalue weighted by Crippen LogP contribution is -2.42. The van der Waals surface area contributed by atoms with Crippen molar-refractivity contribution in [3.8, 4) is 0 Å². The average molecular weight is 225 g/mol. The summed E-state index contributed by atoms with van der Waals surface area (Å²) >= 11 is 0. The summed E-state index contributed by atoms with van der Waals surface area (Å²) in [5, 5.41) is 10.6. The van der Waals surface area contributed by atoms with E-state index in [2.05, 4.69) is 9.84 Å². The third kappa shape index (κ3) is 6.59. The van der Waals surface area contributed by atoms with Gasteiger partial charge in [-0.05, 0) is 0 Å². The number of amides is 1. The zero-order valence-corrected chi connectivity index (χ0v) is 8.65. The summed E-state index contributed by atoms with van der Waals surface area (Å²) in [6.07, 6.45) is 0. The fourth-order valence-electron chi connectivity index (χ4n) is 0.633. The average Bonchev–Trinajstić information content (AvgIpc) is 1.94. The van der Waals surface area contributed by atoms with Crippen LogP contribution in [0.2, 0.25) is 0 Å². The van der Waals surface area contributed by atoms with Crippen LogP contribution in [-0.2, 0) is 18.7 Å². The molecule has 2 atom stereocenters. The number of hydrogen-bond acceptors (Lipinski definition) is 4. The Morgan fingerprint density at radius 3 is 2.36 bits per heavy atom. The van der Waals surface area contributed by atoms with Crippen molar-refractivity contribution in [1.82, 2.24) is 5.32 Å². The molecule has 82 valence electrons. The van der Waals surface area contributed by atoms with Crippen LogP contribution >= 0.6 is 7.60 Å². The van der Waals surface area contributed by atoms with Gasteiger partial charge < -0.3 is 19.8 Å². The number of carboxylic acids is 1. The Kier molecular flexibility index (Phi) is 4.76. The van der Waals surface area contributed by atoms with Gasteiger partial charge in [0, 0.05) is 13.6 Å². The second kappa shape index (κ2) is 5.09. The highest BCUT2D eigenvalue weighted by molar-refractivity contribution is 7.51. The minimum Gasteiger partial charge on any atom is -0.480 e. The monoisotopic (exact) mass is 225 g/mol. The molecule has 0 aliphatic rings. The molecule has 0 saturated heterocycles. The number of hydrogen-bond donors (Lipinski definition) is 3. The summed E-state index contributed by atoms with van der Waals surface area (Å²) in [6, 6.07) is -1.31. The highest BCUT2D eigenvalue weighted by Gasteiger charge is 2.22. The smallest absolute Gasteiger partial charge is 0.328 e. The van der Waals surface area contributed by atoms with E-state index in [0.29, 0.717) is 0 Å². The summed E-state index contributed by atoms with van der Waals surface area (Å²) in [7, 11) is -3.72. The molecule has 3 N–H and O–H groups in total. The van der Waals surface area contributed by atoms with Crippen molar-refractivity contribution in [3.63, 3.8) is 0 Å². The van der Waals surface area contributed by atoms with E-state index in [1.54, 1.807) is 0 Å². The Morgan fingerprint density at radius 1 is 1.57 bits per heavy atom. The molecule has 0 heterocycles. The maximum Gasteiger partial charge on any atom is 0.328 e. The normalized spacial score (nSPS) is 16.8. The van der Waals surface area contributed by atoms with Crippen LogP contribution < -0.4 is 5.32 Å². The van der Waals surface area contributed by atoms with Crippen molar-refractivity contribution in [2.24, 2.45) is 0 Å². The predicted molar refractivity (Wildman–Crippen MR) is 46.9 cm³/mol. The Balaban J connectivity index is 4.18. The Hall–Kier alpha value is -0.910.